The van der Waals surface area contributed by atoms with Crippen molar-refractivity contribution in [1.82, 2.24) is 9.13 Å². The highest BCUT2D eigenvalue weighted by Crippen LogP contribution is 2.44. The number of aromatic nitrogens is 2. The lowest BCUT2D eigenvalue weighted by molar-refractivity contribution is 1.18. The van der Waals surface area contributed by atoms with Gasteiger partial charge in [0.25, 0.3) is 0 Å². The van der Waals surface area contributed by atoms with E-state index >= 15 is 0 Å². The summed E-state index contributed by atoms with van der Waals surface area (Å²) in [6.45, 7) is 15.9. The van der Waals surface area contributed by atoms with E-state index in [1.165, 1.54) is 0 Å². The average molecular weight is 636 g/mol. The molecule has 0 amide bonds. The maximum absolute atomic E-state index is 9.70. The van der Waals surface area contributed by atoms with Gasteiger partial charge in [-0.3, -0.25) is 0 Å². The van der Waals surface area contributed by atoms with Crippen LogP contribution in [0.25, 0.3) is 86.9 Å². The lowest BCUT2D eigenvalue weighted by atomic mass is 9.92. The Hall–Kier alpha value is -7.39. The molecule has 5 heteroatoms. The first kappa shape index (κ1) is 28.8. The SMILES string of the molecule is [C-]#[N+]c1ccc2c3ccccc3n(-c3cccc(-c4ccccc4-c4cccc([N+]#[C-])c4-n4c5ccccc5c5cc(C#N)ccc54)c3)c2c1. The minimum absolute atomic E-state index is 0.541. The first-order chi connectivity index (χ1) is 24.7. The summed E-state index contributed by atoms with van der Waals surface area (Å²) in [5.41, 5.74) is 11.5. The van der Waals surface area contributed by atoms with Gasteiger partial charge in [0.15, 0.2) is 5.69 Å². The predicted octanol–water partition coefficient (Wildman–Crippen LogP) is 12.2. The summed E-state index contributed by atoms with van der Waals surface area (Å²) in [7, 11) is 0. The van der Waals surface area contributed by atoms with E-state index in [4.69, 9.17) is 13.1 Å². The van der Waals surface area contributed by atoms with Crippen molar-refractivity contribution in [3.05, 3.63) is 180 Å². The molecule has 0 unspecified atom stereocenters. The van der Waals surface area contributed by atoms with Crippen LogP contribution < -0.4 is 0 Å². The number of benzene rings is 7. The molecule has 0 aliphatic carbocycles. The van der Waals surface area contributed by atoms with Gasteiger partial charge >= 0.3 is 0 Å². The third kappa shape index (κ3) is 4.31. The minimum Gasteiger partial charge on any atom is -0.318 e. The third-order valence-corrected chi connectivity index (χ3v) is 9.58. The molecular formula is C45H25N5. The fraction of sp³-hybridized carbons (Fsp3) is 0. The van der Waals surface area contributed by atoms with Crippen LogP contribution in [0.4, 0.5) is 11.4 Å². The number of fused-ring (bicyclic) bond motifs is 6. The highest BCUT2D eigenvalue weighted by molar-refractivity contribution is 6.12. The summed E-state index contributed by atoms with van der Waals surface area (Å²) in [5, 5.41) is 13.9. The van der Waals surface area contributed by atoms with Crippen molar-refractivity contribution in [3.8, 4) is 39.7 Å². The van der Waals surface area contributed by atoms with Crippen LogP contribution >= 0.6 is 0 Å². The number of rotatable bonds is 4. The second-order valence-electron chi connectivity index (χ2n) is 12.2. The highest BCUT2D eigenvalue weighted by atomic mass is 15.0. The van der Waals surface area contributed by atoms with Gasteiger partial charge in [-0.2, -0.15) is 5.26 Å². The Morgan fingerprint density at radius 2 is 1.14 bits per heavy atom. The average Bonchev–Trinajstić information content (AvgIpc) is 3.69. The number of nitriles is 1. The minimum atomic E-state index is 0.541. The third-order valence-electron chi connectivity index (χ3n) is 9.58. The van der Waals surface area contributed by atoms with Gasteiger partial charge < -0.3 is 9.13 Å². The monoisotopic (exact) mass is 635 g/mol. The molecule has 0 fully saturated rings. The number of hydrogen-bond donors (Lipinski definition) is 0. The molecule has 2 aromatic heterocycles. The fourth-order valence-electron chi connectivity index (χ4n) is 7.45. The van der Waals surface area contributed by atoms with Gasteiger partial charge in [-0.05, 0) is 70.8 Å². The van der Waals surface area contributed by atoms with Gasteiger partial charge in [0.1, 0.15) is 0 Å². The summed E-state index contributed by atoms with van der Waals surface area (Å²) < 4.78 is 4.42. The van der Waals surface area contributed by atoms with Crippen molar-refractivity contribution in [2.75, 3.05) is 0 Å². The maximum atomic E-state index is 9.70. The van der Waals surface area contributed by atoms with Gasteiger partial charge in [-0.15, -0.1) is 0 Å². The van der Waals surface area contributed by atoms with E-state index in [-0.39, 0.29) is 0 Å². The second kappa shape index (κ2) is 11.4. The molecular weight excluding hydrogens is 611 g/mol. The highest BCUT2D eigenvalue weighted by Gasteiger charge is 2.21. The Morgan fingerprint density at radius 1 is 0.480 bits per heavy atom. The molecule has 2 heterocycles. The molecule has 230 valence electrons. The van der Waals surface area contributed by atoms with E-state index in [2.05, 4.69) is 104 Å². The Kier molecular flexibility index (Phi) is 6.56. The first-order valence-electron chi connectivity index (χ1n) is 16.2. The van der Waals surface area contributed by atoms with Crippen LogP contribution in [-0.2, 0) is 0 Å². The van der Waals surface area contributed by atoms with Crippen LogP contribution in [0.3, 0.4) is 0 Å². The topological polar surface area (TPSA) is 42.4 Å². The number of nitrogens with zero attached hydrogens (tertiary/aromatic N) is 5. The zero-order valence-corrected chi connectivity index (χ0v) is 26.7. The molecule has 0 N–H and O–H groups in total. The predicted molar refractivity (Wildman–Crippen MR) is 203 cm³/mol. The molecule has 0 saturated heterocycles. The molecule has 5 nitrogen and oxygen atoms in total. The van der Waals surface area contributed by atoms with Crippen LogP contribution in [0.1, 0.15) is 5.56 Å². The van der Waals surface area contributed by atoms with Crippen molar-refractivity contribution in [1.29, 1.82) is 5.26 Å². The van der Waals surface area contributed by atoms with E-state index in [1.54, 1.807) is 0 Å². The molecule has 0 spiro atoms. The zero-order valence-electron chi connectivity index (χ0n) is 26.7. The molecule has 0 atom stereocenters. The smallest absolute Gasteiger partial charge is 0.211 e. The van der Waals surface area contributed by atoms with Gasteiger partial charge in [0.2, 0.25) is 5.69 Å². The van der Waals surface area contributed by atoms with Crippen LogP contribution in [0, 0.1) is 24.5 Å². The summed E-state index contributed by atoms with van der Waals surface area (Å²) >= 11 is 0. The standard InChI is InChI=1S/C45H25N5/c1-47-31-22-23-37-35-15-5-7-19-41(35)49(44(37)27-31)32-12-9-11-30(26-32)33-13-3-4-14-34(33)38-17-10-18-40(48-2)45(38)50-42-20-8-6-16-36(42)39-25-29(28-46)21-24-43(39)50/h3-27H. The summed E-state index contributed by atoms with van der Waals surface area (Å²) in [6.07, 6.45) is 0. The normalized spacial score (nSPS) is 11.1. The van der Waals surface area contributed by atoms with Gasteiger partial charge in [0.05, 0.1) is 47.0 Å². The Morgan fingerprint density at radius 3 is 1.92 bits per heavy atom. The quantitative estimate of drug-likeness (QED) is 0.177. The lowest BCUT2D eigenvalue weighted by Crippen LogP contribution is -1.99. The van der Waals surface area contributed by atoms with E-state index in [1.807, 2.05) is 72.8 Å². The Bertz CT molecular complexity index is 2970. The molecule has 9 aromatic rings. The molecule has 0 saturated carbocycles. The van der Waals surface area contributed by atoms with Crippen molar-refractivity contribution < 1.29 is 0 Å². The second-order valence-corrected chi connectivity index (χ2v) is 12.2. The van der Waals surface area contributed by atoms with E-state index in [0.29, 0.717) is 16.9 Å². The largest absolute Gasteiger partial charge is 0.318 e. The maximum Gasteiger partial charge on any atom is 0.211 e. The van der Waals surface area contributed by atoms with E-state index < -0.39 is 0 Å². The molecule has 9 rings (SSSR count). The molecule has 0 bridgehead atoms. The van der Waals surface area contributed by atoms with Gasteiger partial charge in [-0.25, -0.2) is 9.69 Å². The summed E-state index contributed by atoms with van der Waals surface area (Å²) in [5.74, 6) is 0. The fourth-order valence-corrected chi connectivity index (χ4v) is 7.45. The summed E-state index contributed by atoms with van der Waals surface area (Å²) in [6, 6.07) is 53.3. The summed E-state index contributed by atoms with van der Waals surface area (Å²) in [4.78, 5) is 7.76. The van der Waals surface area contributed by atoms with Crippen molar-refractivity contribution in [2.45, 2.75) is 0 Å². The molecule has 50 heavy (non-hydrogen) atoms. The molecule has 7 aromatic carbocycles. The Labute approximate surface area is 288 Å². The van der Waals surface area contributed by atoms with Gasteiger partial charge in [0, 0.05) is 32.7 Å². The van der Waals surface area contributed by atoms with Crippen LogP contribution in [-0.4, -0.2) is 9.13 Å². The molecule has 0 radical (unpaired) electrons. The lowest BCUT2D eigenvalue weighted by Gasteiger charge is -2.19. The number of para-hydroxylation sites is 3. The zero-order chi connectivity index (χ0) is 33.8. The van der Waals surface area contributed by atoms with Crippen LogP contribution in [0.2, 0.25) is 0 Å². The first-order valence-corrected chi connectivity index (χ1v) is 16.2. The molecule has 0 aliphatic rings. The van der Waals surface area contributed by atoms with Crippen molar-refractivity contribution in [3.63, 3.8) is 0 Å². The van der Waals surface area contributed by atoms with Crippen molar-refractivity contribution >= 4 is 55.0 Å². The Balaban J connectivity index is 1.29. The van der Waals surface area contributed by atoms with E-state index in [0.717, 1.165) is 77.2 Å². The molecule has 0 aliphatic heterocycles. The number of hydrogen-bond acceptors (Lipinski definition) is 1. The van der Waals surface area contributed by atoms with Crippen LogP contribution in [0.15, 0.2) is 152 Å². The van der Waals surface area contributed by atoms with Gasteiger partial charge in [-0.1, -0.05) is 103 Å². The van der Waals surface area contributed by atoms with Crippen LogP contribution in [0.5, 0.6) is 0 Å². The van der Waals surface area contributed by atoms with Crippen molar-refractivity contribution in [2.24, 2.45) is 0 Å². The van der Waals surface area contributed by atoms with E-state index in [9.17, 15) is 5.26 Å².